The Bertz CT molecular complexity index is 575. The Morgan fingerprint density at radius 3 is 2.75 bits per heavy atom. The zero-order valence-corrected chi connectivity index (χ0v) is 12.8. The minimum Gasteiger partial charge on any atom is -0.311 e. The van der Waals surface area contributed by atoms with Crippen LogP contribution in [0.3, 0.4) is 0 Å². The maximum Gasteiger partial charge on any atom is 0.152 e. The first-order valence-electron chi connectivity index (χ1n) is 6.24. The van der Waals surface area contributed by atoms with E-state index in [0.29, 0.717) is 22.6 Å². The predicted octanol–water partition coefficient (Wildman–Crippen LogP) is 3.05. The van der Waals surface area contributed by atoms with Gasteiger partial charge in [-0.2, -0.15) is 0 Å². The lowest BCUT2D eigenvalue weighted by molar-refractivity contribution is 0.548. The van der Waals surface area contributed by atoms with Gasteiger partial charge in [0.25, 0.3) is 0 Å². The standard InChI is InChI=1S/C13H15BrF2N4/c1-8(2)5-17-6-10-7-20(19-18-10)13-11(14)3-9(15)4-12(13)16/h3-4,7-8,17H,5-6H2,1-2H3. The molecule has 0 aliphatic rings. The van der Waals surface area contributed by atoms with E-state index in [2.05, 4.69) is 45.4 Å². The van der Waals surface area contributed by atoms with Crippen molar-refractivity contribution in [2.24, 2.45) is 5.92 Å². The minimum atomic E-state index is -0.691. The van der Waals surface area contributed by atoms with Crippen LogP contribution in [0.25, 0.3) is 5.69 Å². The maximum atomic E-state index is 13.8. The van der Waals surface area contributed by atoms with E-state index in [-0.39, 0.29) is 5.69 Å². The third-order valence-electron chi connectivity index (χ3n) is 2.61. The van der Waals surface area contributed by atoms with Crippen molar-refractivity contribution < 1.29 is 8.78 Å². The van der Waals surface area contributed by atoms with E-state index in [1.54, 1.807) is 6.20 Å². The third-order valence-corrected chi connectivity index (χ3v) is 3.21. The molecule has 0 aliphatic carbocycles. The van der Waals surface area contributed by atoms with Crippen LogP contribution in [0.15, 0.2) is 22.8 Å². The summed E-state index contributed by atoms with van der Waals surface area (Å²) < 4.78 is 28.4. The zero-order chi connectivity index (χ0) is 14.7. The Kier molecular flexibility index (Phi) is 4.82. The van der Waals surface area contributed by atoms with E-state index in [4.69, 9.17) is 0 Å². The molecule has 4 nitrogen and oxygen atoms in total. The molecular weight excluding hydrogens is 330 g/mol. The van der Waals surface area contributed by atoms with Gasteiger partial charge in [0.05, 0.1) is 11.9 Å². The molecule has 0 amide bonds. The Morgan fingerprint density at radius 2 is 2.10 bits per heavy atom. The second-order valence-corrected chi connectivity index (χ2v) is 5.75. The van der Waals surface area contributed by atoms with Crippen molar-refractivity contribution in [3.05, 3.63) is 40.1 Å². The lowest BCUT2D eigenvalue weighted by Crippen LogP contribution is -2.19. The summed E-state index contributed by atoms with van der Waals surface area (Å²) in [5.74, 6) is -0.797. The monoisotopic (exact) mass is 344 g/mol. The lowest BCUT2D eigenvalue weighted by atomic mass is 10.2. The van der Waals surface area contributed by atoms with E-state index in [1.165, 1.54) is 10.7 Å². The largest absolute Gasteiger partial charge is 0.311 e. The van der Waals surface area contributed by atoms with Crippen LogP contribution >= 0.6 is 15.9 Å². The van der Waals surface area contributed by atoms with Gasteiger partial charge in [-0.15, -0.1) is 5.10 Å². The average Bonchev–Trinajstić information content (AvgIpc) is 2.75. The molecule has 0 bridgehead atoms. The summed E-state index contributed by atoms with van der Waals surface area (Å²) in [4.78, 5) is 0. The summed E-state index contributed by atoms with van der Waals surface area (Å²) >= 11 is 3.13. The first-order valence-corrected chi connectivity index (χ1v) is 7.03. The van der Waals surface area contributed by atoms with Crippen molar-refractivity contribution in [1.82, 2.24) is 20.3 Å². The fraction of sp³-hybridized carbons (Fsp3) is 0.385. The molecule has 0 spiro atoms. The molecule has 1 N–H and O–H groups in total. The molecule has 1 heterocycles. The van der Waals surface area contributed by atoms with Gasteiger partial charge in [-0.05, 0) is 34.5 Å². The Labute approximate surface area is 124 Å². The topological polar surface area (TPSA) is 42.7 Å². The van der Waals surface area contributed by atoms with Gasteiger partial charge in [0.2, 0.25) is 0 Å². The Morgan fingerprint density at radius 1 is 1.35 bits per heavy atom. The maximum absolute atomic E-state index is 13.8. The van der Waals surface area contributed by atoms with Gasteiger partial charge in [0, 0.05) is 17.1 Å². The molecule has 2 aromatic rings. The summed E-state index contributed by atoms with van der Waals surface area (Å²) in [7, 11) is 0. The van der Waals surface area contributed by atoms with Crippen molar-refractivity contribution in [3.63, 3.8) is 0 Å². The van der Waals surface area contributed by atoms with Gasteiger partial charge in [-0.3, -0.25) is 0 Å². The lowest BCUT2D eigenvalue weighted by Gasteiger charge is -2.05. The summed E-state index contributed by atoms with van der Waals surface area (Å²) in [6, 6.07) is 2.01. The summed E-state index contributed by atoms with van der Waals surface area (Å²) in [6.45, 7) is 5.63. The highest BCUT2D eigenvalue weighted by molar-refractivity contribution is 9.10. The number of benzene rings is 1. The predicted molar refractivity (Wildman–Crippen MR) is 75.5 cm³/mol. The number of nitrogens with one attached hydrogen (secondary N) is 1. The highest BCUT2D eigenvalue weighted by Crippen LogP contribution is 2.24. The molecule has 2 rings (SSSR count). The van der Waals surface area contributed by atoms with Crippen molar-refractivity contribution >= 4 is 15.9 Å². The quantitative estimate of drug-likeness (QED) is 0.906. The van der Waals surface area contributed by atoms with E-state index in [9.17, 15) is 8.78 Å². The molecule has 20 heavy (non-hydrogen) atoms. The highest BCUT2D eigenvalue weighted by Gasteiger charge is 2.13. The third kappa shape index (κ3) is 3.61. The molecule has 1 aromatic carbocycles. The summed E-state index contributed by atoms with van der Waals surface area (Å²) in [5, 5.41) is 11.1. The molecule has 1 aromatic heterocycles. The molecule has 0 saturated carbocycles. The fourth-order valence-electron chi connectivity index (χ4n) is 1.73. The molecule has 0 unspecified atom stereocenters. The molecule has 108 valence electrons. The van der Waals surface area contributed by atoms with Crippen molar-refractivity contribution in [3.8, 4) is 5.69 Å². The fourth-order valence-corrected chi connectivity index (χ4v) is 2.32. The van der Waals surface area contributed by atoms with Crippen LogP contribution in [-0.4, -0.2) is 21.5 Å². The number of rotatable bonds is 5. The van der Waals surface area contributed by atoms with Gasteiger partial charge in [-0.1, -0.05) is 19.1 Å². The smallest absolute Gasteiger partial charge is 0.152 e. The number of hydrogen-bond acceptors (Lipinski definition) is 3. The first kappa shape index (κ1) is 15.1. The van der Waals surface area contributed by atoms with Crippen LogP contribution in [0.5, 0.6) is 0 Å². The van der Waals surface area contributed by atoms with E-state index in [1.807, 2.05) is 0 Å². The Balaban J connectivity index is 2.17. The molecule has 0 radical (unpaired) electrons. The van der Waals surface area contributed by atoms with Gasteiger partial charge in [-0.25, -0.2) is 13.5 Å². The summed E-state index contributed by atoms with van der Waals surface area (Å²) in [6.07, 6.45) is 1.62. The van der Waals surface area contributed by atoms with E-state index in [0.717, 1.165) is 12.6 Å². The SMILES string of the molecule is CC(C)CNCc1cn(-c2c(F)cc(F)cc2Br)nn1. The number of aromatic nitrogens is 3. The molecule has 0 atom stereocenters. The van der Waals surface area contributed by atoms with Gasteiger partial charge in [0.15, 0.2) is 5.82 Å². The molecule has 0 saturated heterocycles. The Hall–Kier alpha value is -1.34. The molecule has 0 fully saturated rings. The van der Waals surface area contributed by atoms with Crippen LogP contribution in [-0.2, 0) is 6.54 Å². The summed E-state index contributed by atoms with van der Waals surface area (Å²) in [5.41, 5.74) is 0.843. The highest BCUT2D eigenvalue weighted by atomic mass is 79.9. The molecule has 7 heteroatoms. The molecular formula is C13H15BrF2N4. The van der Waals surface area contributed by atoms with Gasteiger partial charge >= 0.3 is 0 Å². The van der Waals surface area contributed by atoms with Crippen LogP contribution in [0.4, 0.5) is 8.78 Å². The van der Waals surface area contributed by atoms with Crippen LogP contribution < -0.4 is 5.32 Å². The average molecular weight is 345 g/mol. The van der Waals surface area contributed by atoms with E-state index < -0.39 is 11.6 Å². The zero-order valence-electron chi connectivity index (χ0n) is 11.2. The number of halogens is 3. The number of hydrogen-bond donors (Lipinski definition) is 1. The van der Waals surface area contributed by atoms with Crippen molar-refractivity contribution in [1.29, 1.82) is 0 Å². The first-order chi connectivity index (χ1) is 9.47. The van der Waals surface area contributed by atoms with Gasteiger partial charge in [0.1, 0.15) is 11.5 Å². The number of nitrogens with zero attached hydrogens (tertiary/aromatic N) is 3. The van der Waals surface area contributed by atoms with Crippen LogP contribution in [0, 0.1) is 17.6 Å². The minimum absolute atomic E-state index is 0.147. The van der Waals surface area contributed by atoms with Crippen LogP contribution in [0.2, 0.25) is 0 Å². The normalized spacial score (nSPS) is 11.3. The van der Waals surface area contributed by atoms with Crippen molar-refractivity contribution in [2.45, 2.75) is 20.4 Å². The van der Waals surface area contributed by atoms with Crippen LogP contribution in [0.1, 0.15) is 19.5 Å². The second-order valence-electron chi connectivity index (χ2n) is 4.90. The van der Waals surface area contributed by atoms with Crippen molar-refractivity contribution in [2.75, 3.05) is 6.54 Å². The molecule has 0 aliphatic heterocycles. The van der Waals surface area contributed by atoms with E-state index >= 15 is 0 Å². The van der Waals surface area contributed by atoms with Gasteiger partial charge < -0.3 is 5.32 Å². The second kappa shape index (κ2) is 6.41.